The first-order valence-electron chi connectivity index (χ1n) is 9.29. The first kappa shape index (κ1) is 15.3. The fourth-order valence-corrected chi connectivity index (χ4v) is 4.35. The largest absolute Gasteiger partial charge is 0.159 e. The monoisotopic (exact) mass is 336 g/mol. The maximum absolute atomic E-state index is 4.52. The van der Waals surface area contributed by atoms with E-state index in [0.29, 0.717) is 5.92 Å². The molecule has 0 aromatic heterocycles. The molecule has 0 saturated heterocycles. The highest BCUT2D eigenvalue weighted by molar-refractivity contribution is 6.09. The van der Waals surface area contributed by atoms with Crippen LogP contribution >= 0.6 is 0 Å². The standard InChI is InChI=1S/C24H20N2/c1-2-11-23(26-25-16-5-1)22-10-6-8-18-13-14-20-19-9-4-3-7-17(19)12-15-21(20)24(18)22/h1-5,7,9,11-16,22H,6,8,10H2. The summed E-state index contributed by atoms with van der Waals surface area (Å²) >= 11 is 0. The third-order valence-corrected chi connectivity index (χ3v) is 5.52. The number of azo groups is 1. The van der Waals surface area contributed by atoms with Crippen LogP contribution in [-0.4, -0.2) is 0 Å². The van der Waals surface area contributed by atoms with Crippen molar-refractivity contribution in [2.45, 2.75) is 25.2 Å². The van der Waals surface area contributed by atoms with E-state index in [1.165, 1.54) is 39.1 Å². The normalized spacial score (nSPS) is 19.2. The minimum atomic E-state index is 0.309. The lowest BCUT2D eigenvalue weighted by Gasteiger charge is -2.27. The molecule has 1 heterocycles. The van der Waals surface area contributed by atoms with E-state index in [0.717, 1.165) is 18.5 Å². The summed E-state index contributed by atoms with van der Waals surface area (Å²) < 4.78 is 0. The van der Waals surface area contributed by atoms with Gasteiger partial charge < -0.3 is 0 Å². The molecule has 0 saturated carbocycles. The van der Waals surface area contributed by atoms with Crippen LogP contribution in [0.25, 0.3) is 21.5 Å². The van der Waals surface area contributed by atoms with Crippen LogP contribution in [0.5, 0.6) is 0 Å². The second kappa shape index (κ2) is 6.38. The second-order valence-corrected chi connectivity index (χ2v) is 7.00. The Hall–Kier alpha value is -3.00. The number of allylic oxidation sites excluding steroid dienone is 5. The molecule has 5 rings (SSSR count). The highest BCUT2D eigenvalue weighted by atomic mass is 15.1. The molecule has 1 unspecified atom stereocenters. The number of rotatable bonds is 1. The molecule has 26 heavy (non-hydrogen) atoms. The zero-order valence-electron chi connectivity index (χ0n) is 14.6. The molecule has 0 fully saturated rings. The zero-order valence-corrected chi connectivity index (χ0v) is 14.6. The Kier molecular flexibility index (Phi) is 3.75. The molecule has 2 heteroatoms. The van der Waals surface area contributed by atoms with Crippen molar-refractivity contribution in [3.63, 3.8) is 0 Å². The smallest absolute Gasteiger partial charge is 0.0705 e. The number of benzene rings is 3. The predicted molar refractivity (Wildman–Crippen MR) is 108 cm³/mol. The Morgan fingerprint density at radius 2 is 1.73 bits per heavy atom. The van der Waals surface area contributed by atoms with Gasteiger partial charge in [-0.3, -0.25) is 0 Å². The Bertz CT molecular complexity index is 1120. The van der Waals surface area contributed by atoms with Gasteiger partial charge in [-0.1, -0.05) is 60.7 Å². The van der Waals surface area contributed by atoms with E-state index >= 15 is 0 Å². The van der Waals surface area contributed by atoms with Crippen LogP contribution in [0.4, 0.5) is 0 Å². The minimum Gasteiger partial charge on any atom is -0.159 e. The van der Waals surface area contributed by atoms with Crippen LogP contribution < -0.4 is 0 Å². The van der Waals surface area contributed by atoms with Gasteiger partial charge in [0.25, 0.3) is 0 Å². The topological polar surface area (TPSA) is 24.7 Å². The Morgan fingerprint density at radius 1 is 0.808 bits per heavy atom. The van der Waals surface area contributed by atoms with Gasteiger partial charge in [-0.05, 0) is 64.1 Å². The summed E-state index contributed by atoms with van der Waals surface area (Å²) in [5, 5.41) is 14.1. The van der Waals surface area contributed by atoms with Gasteiger partial charge in [0.2, 0.25) is 0 Å². The zero-order chi connectivity index (χ0) is 17.3. The summed E-state index contributed by atoms with van der Waals surface area (Å²) in [6, 6.07) is 17.8. The molecule has 1 atom stereocenters. The van der Waals surface area contributed by atoms with Gasteiger partial charge >= 0.3 is 0 Å². The first-order valence-corrected chi connectivity index (χ1v) is 9.29. The molecule has 3 aromatic carbocycles. The maximum atomic E-state index is 4.52. The van der Waals surface area contributed by atoms with Crippen LogP contribution in [0.2, 0.25) is 0 Å². The summed E-state index contributed by atoms with van der Waals surface area (Å²) in [4.78, 5) is 0. The Morgan fingerprint density at radius 3 is 2.73 bits per heavy atom. The lowest BCUT2D eigenvalue weighted by Crippen LogP contribution is -2.12. The number of aryl methyl sites for hydroxylation is 1. The summed E-state index contributed by atoms with van der Waals surface area (Å²) in [7, 11) is 0. The van der Waals surface area contributed by atoms with Gasteiger partial charge in [0.05, 0.1) is 5.70 Å². The van der Waals surface area contributed by atoms with E-state index in [2.05, 4.69) is 70.9 Å². The lowest BCUT2D eigenvalue weighted by molar-refractivity contribution is 0.604. The van der Waals surface area contributed by atoms with Crippen molar-refractivity contribution in [2.75, 3.05) is 0 Å². The number of fused-ring (bicyclic) bond motifs is 5. The molecule has 1 aliphatic carbocycles. The highest BCUT2D eigenvalue weighted by Gasteiger charge is 2.26. The summed E-state index contributed by atoms with van der Waals surface area (Å²) in [5.41, 5.74) is 3.97. The van der Waals surface area contributed by atoms with Crippen LogP contribution in [0, 0.1) is 0 Å². The van der Waals surface area contributed by atoms with Gasteiger partial charge in [-0.15, -0.1) is 0 Å². The molecule has 0 amide bonds. The van der Waals surface area contributed by atoms with Crippen molar-refractivity contribution in [2.24, 2.45) is 10.2 Å². The molecule has 2 aliphatic rings. The molecule has 3 aromatic rings. The minimum absolute atomic E-state index is 0.309. The van der Waals surface area contributed by atoms with Crippen molar-refractivity contribution in [3.05, 3.63) is 95.9 Å². The van der Waals surface area contributed by atoms with Crippen molar-refractivity contribution in [1.29, 1.82) is 0 Å². The third-order valence-electron chi connectivity index (χ3n) is 5.52. The third kappa shape index (κ3) is 2.50. The Balaban J connectivity index is 1.76. The van der Waals surface area contributed by atoms with E-state index in [1.807, 2.05) is 12.2 Å². The van der Waals surface area contributed by atoms with Crippen molar-refractivity contribution >= 4 is 21.5 Å². The fourth-order valence-electron chi connectivity index (χ4n) is 4.35. The number of hydrogen-bond donors (Lipinski definition) is 0. The van der Waals surface area contributed by atoms with Crippen LogP contribution in [0.3, 0.4) is 0 Å². The average Bonchev–Trinajstić information content (AvgIpc) is 2.67. The van der Waals surface area contributed by atoms with Crippen molar-refractivity contribution in [1.82, 2.24) is 0 Å². The summed E-state index contributed by atoms with van der Waals surface area (Å²) in [6.07, 6.45) is 13.3. The van der Waals surface area contributed by atoms with Gasteiger partial charge in [-0.2, -0.15) is 10.2 Å². The molecular weight excluding hydrogens is 316 g/mol. The van der Waals surface area contributed by atoms with E-state index in [1.54, 1.807) is 6.20 Å². The molecule has 2 nitrogen and oxygen atoms in total. The lowest BCUT2D eigenvalue weighted by atomic mass is 9.78. The van der Waals surface area contributed by atoms with Gasteiger partial charge in [0, 0.05) is 12.1 Å². The molecular formula is C24H20N2. The van der Waals surface area contributed by atoms with Gasteiger partial charge in [0.15, 0.2) is 0 Å². The van der Waals surface area contributed by atoms with Crippen LogP contribution in [-0.2, 0) is 6.42 Å². The second-order valence-electron chi connectivity index (χ2n) is 7.00. The maximum Gasteiger partial charge on any atom is 0.0705 e. The molecule has 0 spiro atoms. The van der Waals surface area contributed by atoms with Gasteiger partial charge in [0.1, 0.15) is 0 Å². The quantitative estimate of drug-likeness (QED) is 0.435. The number of nitrogens with zero attached hydrogens (tertiary/aromatic N) is 2. The van der Waals surface area contributed by atoms with Crippen LogP contribution in [0.15, 0.2) is 95.0 Å². The molecule has 0 bridgehead atoms. The van der Waals surface area contributed by atoms with Crippen molar-refractivity contribution < 1.29 is 0 Å². The molecule has 126 valence electrons. The van der Waals surface area contributed by atoms with E-state index in [9.17, 15) is 0 Å². The average molecular weight is 336 g/mol. The molecule has 1 aliphatic heterocycles. The van der Waals surface area contributed by atoms with Crippen LogP contribution in [0.1, 0.15) is 29.9 Å². The van der Waals surface area contributed by atoms with E-state index in [-0.39, 0.29) is 0 Å². The fraction of sp³-hybridized carbons (Fsp3) is 0.167. The van der Waals surface area contributed by atoms with E-state index in [4.69, 9.17) is 0 Å². The predicted octanol–water partition coefficient (Wildman–Crippen LogP) is 6.83. The highest BCUT2D eigenvalue weighted by Crippen LogP contribution is 2.43. The first-order chi connectivity index (χ1) is 12.9. The van der Waals surface area contributed by atoms with Crippen molar-refractivity contribution in [3.8, 4) is 0 Å². The van der Waals surface area contributed by atoms with E-state index < -0.39 is 0 Å². The Labute approximate surface area is 153 Å². The summed E-state index contributed by atoms with van der Waals surface area (Å²) in [5.74, 6) is 0.309. The summed E-state index contributed by atoms with van der Waals surface area (Å²) in [6.45, 7) is 0. The SMILES string of the molecule is C1=CC=C(C2CCCc3ccc4c(ccc5ccccc54)c32)N=NC=C1. The molecule has 0 radical (unpaired) electrons. The van der Waals surface area contributed by atoms with Gasteiger partial charge in [-0.25, -0.2) is 0 Å². The molecule has 0 N–H and O–H groups in total. The number of hydrogen-bond acceptors (Lipinski definition) is 2.